The first-order valence-corrected chi connectivity index (χ1v) is 3.89. The Balaban J connectivity index is 2.95. The van der Waals surface area contributed by atoms with Crippen LogP contribution in [-0.4, -0.2) is 19.1 Å². The van der Waals surface area contributed by atoms with Crippen LogP contribution in [0.25, 0.3) is 0 Å². The van der Waals surface area contributed by atoms with Gasteiger partial charge >= 0.3 is 0 Å². The van der Waals surface area contributed by atoms with Gasteiger partial charge in [0.2, 0.25) is 5.91 Å². The van der Waals surface area contributed by atoms with Gasteiger partial charge in [-0.3, -0.25) is 4.79 Å². The summed E-state index contributed by atoms with van der Waals surface area (Å²) in [5.74, 6) is 4.91. The molecule has 4 nitrogen and oxygen atoms in total. The van der Waals surface area contributed by atoms with Crippen LogP contribution >= 0.6 is 0 Å². The maximum atomic E-state index is 10.7. The smallest absolute Gasteiger partial charge is 0.219 e. The molecule has 0 aliphatic rings. The van der Waals surface area contributed by atoms with Crippen molar-refractivity contribution in [2.24, 2.45) is 5.90 Å². The molecule has 0 rings (SSSR count). The summed E-state index contributed by atoms with van der Waals surface area (Å²) in [6.07, 6.45) is 2.36. The van der Waals surface area contributed by atoms with Crippen molar-refractivity contribution in [2.45, 2.75) is 26.2 Å². The summed E-state index contributed by atoms with van der Waals surface area (Å²) in [7, 11) is 0. The van der Waals surface area contributed by atoms with Crippen LogP contribution < -0.4 is 11.2 Å². The average molecular weight is 160 g/mol. The van der Waals surface area contributed by atoms with Crippen LogP contribution in [-0.2, 0) is 9.63 Å². The number of carbonyl (C=O) groups excluding carboxylic acids is 1. The molecule has 0 saturated carbocycles. The second kappa shape index (κ2) is 7.50. The minimum absolute atomic E-state index is 0.0960. The highest BCUT2D eigenvalue weighted by atomic mass is 16.6. The van der Waals surface area contributed by atoms with Gasteiger partial charge in [0, 0.05) is 13.0 Å². The Labute approximate surface area is 67.0 Å². The molecule has 0 aromatic heterocycles. The molecule has 4 heteroatoms. The van der Waals surface area contributed by atoms with Gasteiger partial charge in [0.05, 0.1) is 6.61 Å². The Morgan fingerprint density at radius 2 is 2.27 bits per heavy atom. The predicted molar refractivity (Wildman–Crippen MR) is 42.7 cm³/mol. The number of hydrogen-bond donors (Lipinski definition) is 2. The van der Waals surface area contributed by atoms with Gasteiger partial charge in [0.25, 0.3) is 0 Å². The number of carbonyl (C=O) groups is 1. The van der Waals surface area contributed by atoms with Crippen LogP contribution in [0, 0.1) is 0 Å². The fourth-order valence-electron chi connectivity index (χ4n) is 0.663. The predicted octanol–water partition coefficient (Wildman–Crippen LogP) is 0.183. The first-order chi connectivity index (χ1) is 5.31. The zero-order valence-electron chi connectivity index (χ0n) is 6.93. The maximum absolute atomic E-state index is 10.7. The average Bonchev–Trinajstić information content (AvgIpc) is 2.04. The number of nitrogens with two attached hydrogens (primary N) is 1. The molecular formula is C7H16N2O2. The first-order valence-electron chi connectivity index (χ1n) is 3.89. The Hall–Kier alpha value is -0.610. The van der Waals surface area contributed by atoms with E-state index in [2.05, 4.69) is 10.2 Å². The molecule has 0 fully saturated rings. The van der Waals surface area contributed by atoms with E-state index in [-0.39, 0.29) is 5.91 Å². The summed E-state index contributed by atoms with van der Waals surface area (Å²) in [5.41, 5.74) is 0. The summed E-state index contributed by atoms with van der Waals surface area (Å²) in [6.45, 7) is 3.11. The number of rotatable bonds is 6. The van der Waals surface area contributed by atoms with E-state index in [9.17, 15) is 4.79 Å². The quantitative estimate of drug-likeness (QED) is 0.430. The maximum Gasteiger partial charge on any atom is 0.219 e. The van der Waals surface area contributed by atoms with E-state index in [0.29, 0.717) is 13.0 Å². The van der Waals surface area contributed by atoms with Gasteiger partial charge in [0.1, 0.15) is 0 Å². The van der Waals surface area contributed by atoms with Crippen LogP contribution in [0.4, 0.5) is 0 Å². The van der Waals surface area contributed by atoms with Crippen LogP contribution in [0.15, 0.2) is 0 Å². The molecule has 0 atom stereocenters. The lowest BCUT2D eigenvalue weighted by atomic mass is 10.3. The minimum Gasteiger partial charge on any atom is -0.356 e. The van der Waals surface area contributed by atoms with Crippen molar-refractivity contribution in [3.63, 3.8) is 0 Å². The summed E-state index contributed by atoms with van der Waals surface area (Å²) in [4.78, 5) is 15.0. The van der Waals surface area contributed by atoms with Crippen molar-refractivity contribution in [3.8, 4) is 0 Å². The molecule has 3 N–H and O–H groups in total. The van der Waals surface area contributed by atoms with Crippen molar-refractivity contribution in [3.05, 3.63) is 0 Å². The molecule has 0 saturated heterocycles. The lowest BCUT2D eigenvalue weighted by Crippen LogP contribution is -2.23. The molecule has 0 aromatic rings. The van der Waals surface area contributed by atoms with E-state index in [1.165, 1.54) is 0 Å². The third-order valence-corrected chi connectivity index (χ3v) is 1.33. The molecule has 0 bridgehead atoms. The fourth-order valence-corrected chi connectivity index (χ4v) is 0.663. The van der Waals surface area contributed by atoms with Gasteiger partial charge in [-0.1, -0.05) is 6.92 Å². The summed E-state index contributed by atoms with van der Waals surface area (Å²) in [5, 5.41) is 2.76. The third-order valence-electron chi connectivity index (χ3n) is 1.33. The van der Waals surface area contributed by atoms with E-state index in [0.717, 1.165) is 19.4 Å². The molecule has 0 aromatic carbocycles. The molecule has 0 spiro atoms. The van der Waals surface area contributed by atoms with Crippen molar-refractivity contribution in [1.82, 2.24) is 5.32 Å². The zero-order chi connectivity index (χ0) is 8.53. The molecule has 0 unspecified atom stereocenters. The SMILES string of the molecule is CCC(=O)NCCCCON. The Bertz CT molecular complexity index is 107. The van der Waals surface area contributed by atoms with Crippen LogP contribution in [0.1, 0.15) is 26.2 Å². The van der Waals surface area contributed by atoms with Crippen LogP contribution in [0.5, 0.6) is 0 Å². The summed E-state index contributed by atoms with van der Waals surface area (Å²) >= 11 is 0. The van der Waals surface area contributed by atoms with Crippen molar-refractivity contribution < 1.29 is 9.63 Å². The van der Waals surface area contributed by atoms with Gasteiger partial charge in [-0.25, -0.2) is 5.90 Å². The van der Waals surface area contributed by atoms with E-state index in [1.54, 1.807) is 0 Å². The molecule has 11 heavy (non-hydrogen) atoms. The Morgan fingerprint density at radius 3 is 2.82 bits per heavy atom. The largest absolute Gasteiger partial charge is 0.356 e. The second-order valence-corrected chi connectivity index (χ2v) is 2.28. The third kappa shape index (κ3) is 7.29. The molecule has 0 aliphatic carbocycles. The molecule has 66 valence electrons. The summed E-state index contributed by atoms with van der Waals surface area (Å²) < 4.78 is 0. The monoisotopic (exact) mass is 160 g/mol. The van der Waals surface area contributed by atoms with Crippen molar-refractivity contribution >= 4 is 5.91 Å². The summed E-state index contributed by atoms with van der Waals surface area (Å²) in [6, 6.07) is 0. The van der Waals surface area contributed by atoms with Gasteiger partial charge in [0.15, 0.2) is 0 Å². The standard InChI is InChI=1S/C7H16N2O2/c1-2-7(10)9-5-3-4-6-11-8/h2-6,8H2,1H3,(H,9,10). The highest BCUT2D eigenvalue weighted by Crippen LogP contribution is 1.86. The van der Waals surface area contributed by atoms with E-state index >= 15 is 0 Å². The van der Waals surface area contributed by atoms with E-state index in [1.807, 2.05) is 6.92 Å². The normalized spacial score (nSPS) is 9.64. The Morgan fingerprint density at radius 1 is 1.55 bits per heavy atom. The lowest BCUT2D eigenvalue weighted by Gasteiger charge is -2.01. The van der Waals surface area contributed by atoms with Crippen LogP contribution in [0.2, 0.25) is 0 Å². The van der Waals surface area contributed by atoms with E-state index in [4.69, 9.17) is 5.90 Å². The highest BCUT2D eigenvalue weighted by Gasteiger charge is 1.93. The lowest BCUT2D eigenvalue weighted by molar-refractivity contribution is -0.120. The number of nitrogens with one attached hydrogen (secondary N) is 1. The molecular weight excluding hydrogens is 144 g/mol. The van der Waals surface area contributed by atoms with Gasteiger partial charge in [-0.05, 0) is 12.8 Å². The molecule has 0 radical (unpaired) electrons. The second-order valence-electron chi connectivity index (χ2n) is 2.28. The van der Waals surface area contributed by atoms with Crippen molar-refractivity contribution in [2.75, 3.05) is 13.2 Å². The number of unbranched alkanes of at least 4 members (excludes halogenated alkanes) is 1. The number of amides is 1. The zero-order valence-corrected chi connectivity index (χ0v) is 6.93. The number of hydrogen-bond acceptors (Lipinski definition) is 3. The van der Waals surface area contributed by atoms with Gasteiger partial charge < -0.3 is 10.2 Å². The van der Waals surface area contributed by atoms with E-state index < -0.39 is 0 Å². The highest BCUT2D eigenvalue weighted by molar-refractivity contribution is 5.75. The molecule has 1 amide bonds. The van der Waals surface area contributed by atoms with Gasteiger partial charge in [-0.15, -0.1) is 0 Å². The first kappa shape index (κ1) is 10.4. The minimum atomic E-state index is 0.0960. The van der Waals surface area contributed by atoms with Crippen LogP contribution in [0.3, 0.4) is 0 Å². The topological polar surface area (TPSA) is 64.3 Å². The molecule has 0 aliphatic heterocycles. The van der Waals surface area contributed by atoms with Crippen molar-refractivity contribution in [1.29, 1.82) is 0 Å². The molecule has 0 heterocycles. The van der Waals surface area contributed by atoms with Gasteiger partial charge in [-0.2, -0.15) is 0 Å². The fraction of sp³-hybridized carbons (Fsp3) is 0.857. The Kier molecular flexibility index (Phi) is 7.08.